The van der Waals surface area contributed by atoms with Crippen molar-refractivity contribution in [1.29, 1.82) is 0 Å². The van der Waals surface area contributed by atoms with Crippen molar-refractivity contribution in [2.75, 3.05) is 16.0 Å². The van der Waals surface area contributed by atoms with E-state index in [1.807, 2.05) is 57.2 Å². The average Bonchev–Trinajstić information content (AvgIpc) is 3.30. The summed E-state index contributed by atoms with van der Waals surface area (Å²) in [6.07, 6.45) is 0. The molecule has 0 saturated heterocycles. The number of nitrogens with one attached hydrogen (secondary N) is 1. The fourth-order valence-corrected chi connectivity index (χ4v) is 6.94. The number of benzene rings is 4. The van der Waals surface area contributed by atoms with Crippen molar-refractivity contribution < 1.29 is 14.4 Å². The fourth-order valence-electron chi connectivity index (χ4n) is 5.04. The van der Waals surface area contributed by atoms with Crippen LogP contribution < -0.4 is 10.2 Å². The maximum Gasteiger partial charge on any atom is 0.265 e. The van der Waals surface area contributed by atoms with Crippen LogP contribution in [0.5, 0.6) is 0 Å². The van der Waals surface area contributed by atoms with Crippen molar-refractivity contribution in [3.63, 3.8) is 0 Å². The Bertz CT molecular complexity index is 1730. The van der Waals surface area contributed by atoms with E-state index in [1.165, 1.54) is 28.0 Å². The molecular weight excluding hydrogens is 514 g/mol. The molecule has 0 spiro atoms. The van der Waals surface area contributed by atoms with E-state index in [0.717, 1.165) is 42.3 Å². The normalized spacial score (nSPS) is 13.0. The first-order chi connectivity index (χ1) is 18.3. The number of aromatic nitrogens is 1. The summed E-state index contributed by atoms with van der Waals surface area (Å²) in [4.78, 5) is 45.3. The second-order valence-corrected chi connectivity index (χ2v) is 11.7. The van der Waals surface area contributed by atoms with Crippen LogP contribution in [-0.2, 0) is 4.79 Å². The number of aryl methyl sites for hydroxylation is 3. The molecule has 2 heterocycles. The van der Waals surface area contributed by atoms with Crippen LogP contribution in [0.3, 0.4) is 0 Å². The molecule has 4 aromatic carbocycles. The number of thiazole rings is 1. The van der Waals surface area contributed by atoms with E-state index in [0.29, 0.717) is 22.2 Å². The summed E-state index contributed by atoms with van der Waals surface area (Å²) in [7, 11) is 0. The fraction of sp³-hybridized carbons (Fsp3) is 0.133. The molecule has 0 unspecified atom stereocenters. The van der Waals surface area contributed by atoms with E-state index in [-0.39, 0.29) is 23.5 Å². The minimum absolute atomic E-state index is 0.0950. The van der Waals surface area contributed by atoms with E-state index in [1.54, 1.807) is 18.2 Å². The molecule has 1 aromatic heterocycles. The summed E-state index contributed by atoms with van der Waals surface area (Å²) < 4.78 is 1.59. The van der Waals surface area contributed by atoms with Crippen LogP contribution in [-0.4, -0.2) is 28.5 Å². The minimum Gasteiger partial charge on any atom is -0.325 e. The Labute approximate surface area is 227 Å². The second-order valence-electron chi connectivity index (χ2n) is 9.40. The van der Waals surface area contributed by atoms with Crippen LogP contribution in [0.4, 0.5) is 11.4 Å². The van der Waals surface area contributed by atoms with Gasteiger partial charge in [-0.2, -0.15) is 0 Å². The van der Waals surface area contributed by atoms with Crippen molar-refractivity contribution in [2.24, 2.45) is 0 Å². The Hall–Kier alpha value is -4.01. The number of hydrogen-bond donors (Lipinski definition) is 1. The smallest absolute Gasteiger partial charge is 0.265 e. The van der Waals surface area contributed by atoms with Gasteiger partial charge in [-0.15, -0.1) is 11.3 Å². The molecule has 0 bridgehead atoms. The average molecular weight is 538 g/mol. The molecule has 0 atom stereocenters. The highest BCUT2D eigenvalue weighted by Crippen LogP contribution is 2.36. The lowest BCUT2D eigenvalue weighted by atomic mass is 9.94. The summed E-state index contributed by atoms with van der Waals surface area (Å²) in [6, 6.07) is 20.5. The summed E-state index contributed by atoms with van der Waals surface area (Å²) in [6.45, 7) is 6.02. The van der Waals surface area contributed by atoms with E-state index >= 15 is 0 Å². The summed E-state index contributed by atoms with van der Waals surface area (Å²) in [5.41, 5.74) is 6.38. The highest BCUT2D eigenvalue weighted by Gasteiger charge is 2.34. The van der Waals surface area contributed by atoms with Gasteiger partial charge in [0.25, 0.3) is 11.8 Å². The number of anilines is 2. The lowest BCUT2D eigenvalue weighted by Crippen LogP contribution is -2.40. The zero-order chi connectivity index (χ0) is 26.6. The van der Waals surface area contributed by atoms with Gasteiger partial charge in [-0.3, -0.25) is 14.4 Å². The largest absolute Gasteiger partial charge is 0.325 e. The molecule has 0 radical (unpaired) electrons. The monoisotopic (exact) mass is 537 g/mol. The zero-order valence-corrected chi connectivity index (χ0v) is 22.6. The first-order valence-corrected chi connectivity index (χ1v) is 13.9. The molecule has 0 saturated carbocycles. The predicted molar refractivity (Wildman–Crippen MR) is 155 cm³/mol. The number of thioether (sulfide) groups is 1. The summed E-state index contributed by atoms with van der Waals surface area (Å²) >= 11 is 2.80. The van der Waals surface area contributed by atoms with Gasteiger partial charge < -0.3 is 5.32 Å². The zero-order valence-electron chi connectivity index (χ0n) is 21.0. The molecule has 188 valence electrons. The summed E-state index contributed by atoms with van der Waals surface area (Å²) in [5, 5.41) is 4.60. The molecule has 1 N–H and O–H groups in total. The molecule has 0 fully saturated rings. The van der Waals surface area contributed by atoms with Gasteiger partial charge in [-0.05, 0) is 67.6 Å². The molecule has 38 heavy (non-hydrogen) atoms. The standard InChI is InChI=1S/C30H23N3O3S2/c1-16-12-17(2)27(18(3)13-16)32-25(34)15-37-30-31-23-11-10-20(14-24(23)38-30)33-28(35)21-8-4-6-19-7-5-9-22(26(19)21)29(33)36/h4-14H,15H2,1-3H3,(H,32,34). The lowest BCUT2D eigenvalue weighted by molar-refractivity contribution is -0.113. The Balaban J connectivity index is 1.23. The first kappa shape index (κ1) is 24.3. The maximum absolute atomic E-state index is 13.4. The third-order valence-corrected chi connectivity index (χ3v) is 8.81. The Morgan fingerprint density at radius 2 is 1.58 bits per heavy atom. The van der Waals surface area contributed by atoms with Crippen molar-refractivity contribution in [3.8, 4) is 0 Å². The number of imide groups is 1. The maximum atomic E-state index is 13.4. The number of rotatable bonds is 5. The number of carbonyl (C=O) groups excluding carboxylic acids is 3. The van der Waals surface area contributed by atoms with Crippen molar-refractivity contribution in [3.05, 3.63) is 94.5 Å². The molecule has 5 aromatic rings. The first-order valence-electron chi connectivity index (χ1n) is 12.1. The highest BCUT2D eigenvalue weighted by molar-refractivity contribution is 8.01. The van der Waals surface area contributed by atoms with Gasteiger partial charge in [-0.25, -0.2) is 9.88 Å². The molecule has 1 aliphatic heterocycles. The van der Waals surface area contributed by atoms with Crippen LogP contribution in [0.15, 0.2) is 71.1 Å². The van der Waals surface area contributed by atoms with Crippen LogP contribution in [0.2, 0.25) is 0 Å². The van der Waals surface area contributed by atoms with Crippen molar-refractivity contribution >= 4 is 73.2 Å². The van der Waals surface area contributed by atoms with E-state index < -0.39 is 0 Å². The lowest BCUT2D eigenvalue weighted by Gasteiger charge is -2.27. The van der Waals surface area contributed by atoms with Gasteiger partial charge in [-0.1, -0.05) is 53.7 Å². The summed E-state index contributed by atoms with van der Waals surface area (Å²) in [5.74, 6) is -0.543. The molecule has 1 aliphatic rings. The molecule has 6 rings (SSSR count). The van der Waals surface area contributed by atoms with Crippen LogP contribution in [0, 0.1) is 20.8 Å². The number of amides is 3. The molecule has 6 nitrogen and oxygen atoms in total. The third-order valence-electron chi connectivity index (χ3n) is 6.65. The van der Waals surface area contributed by atoms with E-state index in [4.69, 9.17) is 0 Å². The molecule has 8 heteroatoms. The van der Waals surface area contributed by atoms with Gasteiger partial charge in [0.05, 0.1) is 21.7 Å². The molecular formula is C30H23N3O3S2. The van der Waals surface area contributed by atoms with Crippen LogP contribution in [0.25, 0.3) is 21.0 Å². The molecule has 3 amide bonds. The predicted octanol–water partition coefficient (Wildman–Crippen LogP) is 6.91. The van der Waals surface area contributed by atoms with Crippen LogP contribution in [0.1, 0.15) is 37.4 Å². The quantitative estimate of drug-likeness (QED) is 0.195. The SMILES string of the molecule is Cc1cc(C)c(NC(=O)CSc2nc3ccc(N4C(=O)c5cccc6cccc(c56)C4=O)cc3s2)c(C)c1. The number of fused-ring (bicyclic) bond motifs is 1. The van der Waals surface area contributed by atoms with Gasteiger partial charge in [0.1, 0.15) is 0 Å². The number of hydrogen-bond acceptors (Lipinski definition) is 6. The number of carbonyl (C=O) groups is 3. The van der Waals surface area contributed by atoms with E-state index in [9.17, 15) is 14.4 Å². The third kappa shape index (κ3) is 4.15. The highest BCUT2D eigenvalue weighted by atomic mass is 32.2. The minimum atomic E-state index is -0.337. The number of nitrogens with zero attached hydrogens (tertiary/aromatic N) is 2. The van der Waals surface area contributed by atoms with E-state index in [2.05, 4.69) is 22.4 Å². The van der Waals surface area contributed by atoms with Crippen molar-refractivity contribution in [2.45, 2.75) is 25.1 Å². The van der Waals surface area contributed by atoms with Gasteiger partial charge >= 0.3 is 0 Å². The molecule has 0 aliphatic carbocycles. The van der Waals surface area contributed by atoms with Crippen LogP contribution >= 0.6 is 23.1 Å². The van der Waals surface area contributed by atoms with Gasteiger partial charge in [0.15, 0.2) is 4.34 Å². The van der Waals surface area contributed by atoms with Gasteiger partial charge in [0.2, 0.25) is 5.91 Å². The van der Waals surface area contributed by atoms with Gasteiger partial charge in [0, 0.05) is 22.2 Å². The Morgan fingerprint density at radius 3 is 2.24 bits per heavy atom. The Morgan fingerprint density at radius 1 is 0.921 bits per heavy atom. The Kier molecular flexibility index (Phi) is 6.01. The second kappa shape index (κ2) is 9.38. The van der Waals surface area contributed by atoms with Crippen molar-refractivity contribution in [1.82, 2.24) is 4.98 Å². The topological polar surface area (TPSA) is 79.4 Å².